The van der Waals surface area contributed by atoms with Crippen LogP contribution in [0.2, 0.25) is 0 Å². The quantitative estimate of drug-likeness (QED) is 0.160. The van der Waals surface area contributed by atoms with E-state index in [1.165, 1.54) is 6.07 Å². The molecule has 0 atom stereocenters. The van der Waals surface area contributed by atoms with Crippen LogP contribution in [0.1, 0.15) is 23.2 Å². The molecular formula is C17H23N3O13S3. The van der Waals surface area contributed by atoms with Crippen LogP contribution >= 0.6 is 0 Å². The molecule has 0 bridgehead atoms. The second kappa shape index (κ2) is 11.5. The maximum atomic E-state index is 12.7. The number of carbonyl (C=O) groups is 3. The summed E-state index contributed by atoms with van der Waals surface area (Å²) in [6.45, 7) is -1.35. The Labute approximate surface area is 206 Å². The van der Waals surface area contributed by atoms with E-state index in [1.54, 1.807) is 0 Å². The molecule has 2 rings (SSSR count). The lowest BCUT2D eigenvalue weighted by Crippen LogP contribution is -2.34. The molecule has 0 spiro atoms. The van der Waals surface area contributed by atoms with Crippen LogP contribution in [0.3, 0.4) is 0 Å². The van der Waals surface area contributed by atoms with Crippen molar-refractivity contribution in [3.8, 4) is 0 Å². The maximum Gasteiger partial charge on any atom is 0.364 e. The Hall–Kier alpha value is -2.84. The molecule has 1 aliphatic rings. The molecule has 2 amide bonds. The second-order valence-corrected chi connectivity index (χ2v) is 12.2. The highest BCUT2D eigenvalue weighted by Gasteiger charge is 2.33. The molecule has 4 N–H and O–H groups in total. The smallest absolute Gasteiger partial charge is 0.364 e. The number of amides is 2. The Morgan fingerprint density at radius 1 is 0.861 bits per heavy atom. The molecule has 1 saturated heterocycles. The highest BCUT2D eigenvalue weighted by atomic mass is 32.2. The van der Waals surface area contributed by atoms with Crippen LogP contribution in [-0.4, -0.2) is 98.7 Å². The van der Waals surface area contributed by atoms with Crippen molar-refractivity contribution < 1.29 is 58.1 Å². The Morgan fingerprint density at radius 3 is 1.83 bits per heavy atom. The minimum Gasteiger partial charge on any atom is -0.384 e. The van der Waals surface area contributed by atoms with Gasteiger partial charge in [0.15, 0.2) is 0 Å². The van der Waals surface area contributed by atoms with Crippen molar-refractivity contribution in [2.24, 2.45) is 0 Å². The number of hydrogen-bond donors (Lipinski definition) is 4. The summed E-state index contributed by atoms with van der Waals surface area (Å²) in [4.78, 5) is 42.1. The maximum absolute atomic E-state index is 12.7. The molecule has 1 aliphatic heterocycles. The summed E-state index contributed by atoms with van der Waals surface area (Å²) in [6.07, 6.45) is -0.346. The lowest BCUT2D eigenvalue weighted by Gasteiger charge is -2.25. The first-order valence-electron chi connectivity index (χ1n) is 10.0. The van der Waals surface area contributed by atoms with Crippen LogP contribution in [0.25, 0.3) is 0 Å². The van der Waals surface area contributed by atoms with Gasteiger partial charge in [0.1, 0.15) is 0 Å². The molecule has 0 saturated carbocycles. The van der Waals surface area contributed by atoms with Crippen LogP contribution < -0.4 is 10.2 Å². The average Bonchev–Trinajstić information content (AvgIpc) is 3.03. The SMILES string of the molecule is O=C(ON1C(=O)CCC1=O)c1cc(NCCS(=O)(=O)O)cc(N(CCS(=O)(=O)O)CCS(=O)(=O)O)c1. The van der Waals surface area contributed by atoms with Crippen molar-refractivity contribution in [2.75, 3.05) is 47.1 Å². The number of nitrogens with one attached hydrogen (secondary N) is 1. The van der Waals surface area contributed by atoms with Crippen molar-refractivity contribution >= 4 is 59.5 Å². The number of imide groups is 1. The van der Waals surface area contributed by atoms with Gasteiger partial charge in [-0.2, -0.15) is 25.3 Å². The van der Waals surface area contributed by atoms with Gasteiger partial charge in [0, 0.05) is 43.9 Å². The van der Waals surface area contributed by atoms with E-state index in [1.807, 2.05) is 0 Å². The number of hydroxylamine groups is 2. The fourth-order valence-electron chi connectivity index (χ4n) is 2.95. The summed E-state index contributed by atoms with van der Waals surface area (Å²) in [7, 11) is -13.4. The van der Waals surface area contributed by atoms with Crippen LogP contribution in [0.5, 0.6) is 0 Å². The van der Waals surface area contributed by atoms with Gasteiger partial charge in [0.2, 0.25) is 0 Å². The number of nitrogens with zero attached hydrogens (tertiary/aromatic N) is 2. The van der Waals surface area contributed by atoms with Gasteiger partial charge in [-0.15, -0.1) is 5.06 Å². The fraction of sp³-hybridized carbons (Fsp3) is 0.471. The van der Waals surface area contributed by atoms with Crippen LogP contribution in [0.4, 0.5) is 11.4 Å². The van der Waals surface area contributed by atoms with Crippen molar-refractivity contribution in [1.82, 2.24) is 5.06 Å². The van der Waals surface area contributed by atoms with E-state index in [2.05, 4.69) is 5.32 Å². The number of carbonyl (C=O) groups excluding carboxylic acids is 3. The lowest BCUT2D eigenvalue weighted by molar-refractivity contribution is -0.172. The summed E-state index contributed by atoms with van der Waals surface area (Å²) in [5.74, 6) is -5.20. The molecule has 0 aromatic heterocycles. The molecule has 0 unspecified atom stereocenters. The Balaban J connectivity index is 2.43. The predicted molar refractivity (Wildman–Crippen MR) is 123 cm³/mol. The number of rotatable bonds is 13. The van der Waals surface area contributed by atoms with Gasteiger partial charge >= 0.3 is 5.97 Å². The molecule has 19 heteroatoms. The van der Waals surface area contributed by atoms with E-state index in [0.29, 0.717) is 0 Å². The number of anilines is 2. The van der Waals surface area contributed by atoms with Gasteiger partial charge in [0.25, 0.3) is 42.2 Å². The topological polar surface area (TPSA) is 242 Å². The summed E-state index contributed by atoms with van der Waals surface area (Å²) in [5, 5.41) is 2.86. The first-order valence-corrected chi connectivity index (χ1v) is 14.8. The van der Waals surface area contributed by atoms with Crippen molar-refractivity contribution in [3.05, 3.63) is 23.8 Å². The first-order chi connectivity index (χ1) is 16.4. The van der Waals surface area contributed by atoms with E-state index >= 15 is 0 Å². The summed E-state index contributed by atoms with van der Waals surface area (Å²) in [6, 6.07) is 3.47. The number of hydrogen-bond acceptors (Lipinski definition) is 12. The largest absolute Gasteiger partial charge is 0.384 e. The Kier molecular flexibility index (Phi) is 9.37. The molecular weight excluding hydrogens is 550 g/mol. The zero-order chi connectivity index (χ0) is 27.3. The van der Waals surface area contributed by atoms with Gasteiger partial charge in [-0.05, 0) is 18.2 Å². The first kappa shape index (κ1) is 29.4. The van der Waals surface area contributed by atoms with Crippen molar-refractivity contribution in [3.63, 3.8) is 0 Å². The highest BCUT2D eigenvalue weighted by Crippen LogP contribution is 2.25. The third-order valence-corrected chi connectivity index (χ3v) is 6.74. The number of benzene rings is 1. The monoisotopic (exact) mass is 573 g/mol. The van der Waals surface area contributed by atoms with Gasteiger partial charge in [-0.1, -0.05) is 0 Å². The van der Waals surface area contributed by atoms with Gasteiger partial charge in [0.05, 0.1) is 22.8 Å². The van der Waals surface area contributed by atoms with E-state index in [9.17, 15) is 39.6 Å². The molecule has 1 fully saturated rings. The molecule has 36 heavy (non-hydrogen) atoms. The van der Waals surface area contributed by atoms with E-state index in [4.69, 9.17) is 18.5 Å². The fourth-order valence-corrected chi connectivity index (χ4v) is 4.21. The zero-order valence-electron chi connectivity index (χ0n) is 18.4. The Bertz CT molecular complexity index is 1290. The molecule has 16 nitrogen and oxygen atoms in total. The van der Waals surface area contributed by atoms with E-state index < -0.39 is 78.5 Å². The molecule has 1 aromatic rings. The zero-order valence-corrected chi connectivity index (χ0v) is 20.9. The minimum absolute atomic E-state index is 0.0193. The summed E-state index contributed by atoms with van der Waals surface area (Å²) >= 11 is 0. The minimum atomic E-state index is -4.51. The van der Waals surface area contributed by atoms with Gasteiger partial charge < -0.3 is 15.1 Å². The molecule has 0 aliphatic carbocycles. The van der Waals surface area contributed by atoms with Gasteiger partial charge in [-0.3, -0.25) is 23.2 Å². The summed E-state index contributed by atoms with van der Waals surface area (Å²) < 4.78 is 93.9. The van der Waals surface area contributed by atoms with Crippen molar-refractivity contribution in [1.29, 1.82) is 0 Å². The lowest BCUT2D eigenvalue weighted by atomic mass is 10.1. The summed E-state index contributed by atoms with van der Waals surface area (Å²) in [5.41, 5.74) is -0.339. The molecule has 0 radical (unpaired) electrons. The van der Waals surface area contributed by atoms with E-state index in [0.717, 1.165) is 17.0 Å². The van der Waals surface area contributed by atoms with Crippen molar-refractivity contribution in [2.45, 2.75) is 12.8 Å². The molecule has 202 valence electrons. The van der Waals surface area contributed by atoms with Crippen LogP contribution in [0.15, 0.2) is 18.2 Å². The Morgan fingerprint density at radius 2 is 1.36 bits per heavy atom. The van der Waals surface area contributed by atoms with Crippen LogP contribution in [-0.2, 0) is 44.8 Å². The predicted octanol–water partition coefficient (Wildman–Crippen LogP) is -1.21. The van der Waals surface area contributed by atoms with E-state index in [-0.39, 0.29) is 41.4 Å². The molecule has 1 aromatic carbocycles. The standard InChI is InChI=1S/C17H23N3O13S3/c21-15-1-2-16(22)20(15)33-17(23)12-9-13(18-3-6-34(24,25)26)11-14(10-12)19(4-7-35(27,28)29)5-8-36(30,31)32/h9-11,18H,1-8H2,(H,24,25,26)(H,27,28,29)(H,30,31,32). The molecule has 1 heterocycles. The highest BCUT2D eigenvalue weighted by molar-refractivity contribution is 7.86. The third kappa shape index (κ3) is 10.0. The second-order valence-electron chi connectivity index (χ2n) is 7.50. The van der Waals surface area contributed by atoms with Crippen LogP contribution in [0, 0.1) is 0 Å². The average molecular weight is 574 g/mol. The third-order valence-electron chi connectivity index (χ3n) is 4.63. The van der Waals surface area contributed by atoms with Gasteiger partial charge in [-0.25, -0.2) is 4.79 Å². The normalized spacial score (nSPS) is 14.7.